The van der Waals surface area contributed by atoms with E-state index in [0.29, 0.717) is 30.0 Å². The third kappa shape index (κ3) is 6.35. The number of halogens is 4. The van der Waals surface area contributed by atoms with Gasteiger partial charge < -0.3 is 29.5 Å². The van der Waals surface area contributed by atoms with Crippen LogP contribution in [-0.2, 0) is 23.9 Å². The molecule has 3 aromatic heterocycles. The van der Waals surface area contributed by atoms with Gasteiger partial charge in [-0.05, 0) is 61.7 Å². The molecule has 3 aliphatic rings. The van der Waals surface area contributed by atoms with Gasteiger partial charge in [-0.1, -0.05) is 18.0 Å². The SMILES string of the molecule is Cc1ncnc(C(=O)N2CCN(c3c(C4CCC4)n(CC(=O)Nc4ccc(C(F)(F)F)cc4Cl)c4nc(-c5ccc6c(c5)CCO6)nn4c3=O)CC2)c1O. The average Bonchev–Trinajstić information content (AvgIpc) is 3.79. The van der Waals surface area contributed by atoms with Gasteiger partial charge in [0.1, 0.15) is 24.3 Å². The van der Waals surface area contributed by atoms with Gasteiger partial charge in [-0.25, -0.2) is 9.97 Å². The Bertz CT molecular complexity index is 2390. The van der Waals surface area contributed by atoms with Gasteiger partial charge in [0, 0.05) is 44.1 Å². The maximum Gasteiger partial charge on any atom is 0.416 e. The number of piperazine rings is 1. The lowest BCUT2D eigenvalue weighted by atomic mass is 9.81. The van der Waals surface area contributed by atoms with Crippen LogP contribution in [0.3, 0.4) is 0 Å². The molecule has 1 aliphatic carbocycles. The quantitative estimate of drug-likeness (QED) is 0.235. The number of nitrogens with one attached hydrogen (secondary N) is 1. The minimum Gasteiger partial charge on any atom is -0.504 e. The van der Waals surface area contributed by atoms with Crippen LogP contribution < -0.4 is 20.5 Å². The van der Waals surface area contributed by atoms with Crippen LogP contribution in [0.1, 0.15) is 58.2 Å². The largest absolute Gasteiger partial charge is 0.504 e. The molecule has 14 nitrogen and oxygen atoms in total. The zero-order valence-electron chi connectivity index (χ0n) is 28.9. The molecule has 0 spiro atoms. The van der Waals surface area contributed by atoms with Crippen LogP contribution in [0.5, 0.6) is 11.5 Å². The summed E-state index contributed by atoms with van der Waals surface area (Å²) in [4.78, 5) is 57.8. The van der Waals surface area contributed by atoms with Gasteiger partial charge in [0.2, 0.25) is 11.7 Å². The van der Waals surface area contributed by atoms with Gasteiger partial charge in [-0.3, -0.25) is 14.4 Å². The Morgan fingerprint density at radius 2 is 1.85 bits per heavy atom. The van der Waals surface area contributed by atoms with E-state index in [1.165, 1.54) is 10.8 Å². The number of aromatic nitrogens is 6. The molecule has 54 heavy (non-hydrogen) atoms. The highest BCUT2D eigenvalue weighted by Crippen LogP contribution is 2.41. The van der Waals surface area contributed by atoms with Crippen LogP contribution in [0.2, 0.25) is 5.02 Å². The monoisotopic (exact) mass is 763 g/mol. The van der Waals surface area contributed by atoms with Crippen LogP contribution in [0.25, 0.3) is 17.2 Å². The Hall–Kier alpha value is -5.71. The van der Waals surface area contributed by atoms with Gasteiger partial charge in [0.15, 0.2) is 17.3 Å². The summed E-state index contributed by atoms with van der Waals surface area (Å²) >= 11 is 6.19. The summed E-state index contributed by atoms with van der Waals surface area (Å²) in [6, 6.07) is 8.21. The molecule has 5 aromatic rings. The number of amides is 2. The molecule has 280 valence electrons. The molecule has 0 radical (unpaired) electrons. The number of alkyl halides is 3. The van der Waals surface area contributed by atoms with Gasteiger partial charge in [0.25, 0.3) is 11.5 Å². The topological polar surface area (TPSA) is 160 Å². The molecule has 1 saturated heterocycles. The predicted molar refractivity (Wildman–Crippen MR) is 190 cm³/mol. The molecule has 1 saturated carbocycles. The van der Waals surface area contributed by atoms with Crippen LogP contribution in [0.15, 0.2) is 47.5 Å². The zero-order valence-corrected chi connectivity index (χ0v) is 29.6. The van der Waals surface area contributed by atoms with Gasteiger partial charge in [0.05, 0.1) is 34.3 Å². The molecule has 0 unspecified atom stereocenters. The molecule has 2 aromatic carbocycles. The van der Waals surface area contributed by atoms with Gasteiger partial charge >= 0.3 is 6.18 Å². The number of rotatable bonds is 7. The van der Waals surface area contributed by atoms with Crippen LogP contribution in [0, 0.1) is 6.92 Å². The molecule has 2 N–H and O–H groups in total. The highest BCUT2D eigenvalue weighted by Gasteiger charge is 2.36. The summed E-state index contributed by atoms with van der Waals surface area (Å²) in [7, 11) is 0. The molecule has 0 bridgehead atoms. The normalized spacial score (nSPS) is 15.9. The Labute approximate surface area is 310 Å². The maximum absolute atomic E-state index is 14.6. The van der Waals surface area contributed by atoms with Crippen molar-refractivity contribution in [1.82, 2.24) is 34.0 Å². The number of carbonyl (C=O) groups is 2. The molecule has 8 rings (SSSR count). The Balaban J connectivity index is 1.19. The van der Waals surface area contributed by atoms with Crippen molar-refractivity contribution in [2.45, 2.75) is 51.2 Å². The number of anilines is 2. The number of aryl methyl sites for hydroxylation is 1. The molecule has 0 atom stereocenters. The van der Waals surface area contributed by atoms with E-state index < -0.39 is 29.1 Å². The Morgan fingerprint density at radius 1 is 1.07 bits per heavy atom. The highest BCUT2D eigenvalue weighted by atomic mass is 35.5. The van der Waals surface area contributed by atoms with E-state index in [1.54, 1.807) is 22.5 Å². The maximum atomic E-state index is 14.6. The van der Waals surface area contributed by atoms with Crippen molar-refractivity contribution < 1.29 is 32.6 Å². The molecule has 2 aliphatic heterocycles. The summed E-state index contributed by atoms with van der Waals surface area (Å²) in [5.41, 5.74) is 1.28. The third-order valence-electron chi connectivity index (χ3n) is 10.2. The number of benzene rings is 2. The first-order valence-electron chi connectivity index (χ1n) is 17.4. The Kier molecular flexibility index (Phi) is 8.90. The van der Waals surface area contributed by atoms with E-state index in [2.05, 4.69) is 20.4 Å². The van der Waals surface area contributed by atoms with E-state index in [0.717, 1.165) is 48.8 Å². The summed E-state index contributed by atoms with van der Waals surface area (Å²) < 4.78 is 48.4. The third-order valence-corrected chi connectivity index (χ3v) is 10.5. The fourth-order valence-electron chi connectivity index (χ4n) is 7.09. The van der Waals surface area contributed by atoms with Gasteiger partial charge in [-0.2, -0.15) is 22.7 Å². The van der Waals surface area contributed by atoms with Crippen molar-refractivity contribution >= 4 is 40.6 Å². The second-order valence-electron chi connectivity index (χ2n) is 13.5. The fraction of sp³-hybridized carbons (Fsp3) is 0.361. The fourth-order valence-corrected chi connectivity index (χ4v) is 7.32. The van der Waals surface area contributed by atoms with Crippen molar-refractivity contribution in [1.29, 1.82) is 0 Å². The molecular formula is C36H33ClF3N9O5. The second kappa shape index (κ2) is 13.6. The van der Waals surface area contributed by atoms with Crippen LogP contribution in [0.4, 0.5) is 24.5 Å². The molecule has 2 amide bonds. The summed E-state index contributed by atoms with van der Waals surface area (Å²) in [6.45, 7) is 2.66. The number of aromatic hydroxyl groups is 1. The smallest absolute Gasteiger partial charge is 0.416 e. The van der Waals surface area contributed by atoms with Crippen LogP contribution >= 0.6 is 11.6 Å². The number of fused-ring (bicyclic) bond motifs is 2. The Morgan fingerprint density at radius 3 is 2.56 bits per heavy atom. The molecular weight excluding hydrogens is 731 g/mol. The summed E-state index contributed by atoms with van der Waals surface area (Å²) in [5.74, 6) is -0.342. The zero-order chi connectivity index (χ0) is 37.9. The molecule has 5 heterocycles. The van der Waals surface area contributed by atoms with Crippen molar-refractivity contribution in [3.8, 4) is 22.9 Å². The van der Waals surface area contributed by atoms with Crippen molar-refractivity contribution in [2.75, 3.05) is 43.0 Å². The second-order valence-corrected chi connectivity index (χ2v) is 13.9. The summed E-state index contributed by atoms with van der Waals surface area (Å²) in [5, 5.41) is 17.4. The standard InChI is InChI=1S/C36H33ClF3N9O5/c1-19-31(51)28(42-18-41-19)33(52)47-12-10-46(11-13-47)30-29(20-3-2-4-20)48(17-27(50)43-25-7-6-23(16-24(25)37)36(38,39)40)35-44-32(45-49(35)34(30)53)22-5-8-26-21(15-22)9-14-54-26/h5-8,15-16,18,20,51H,2-4,9-14,17H2,1H3,(H,43,50). The lowest BCUT2D eigenvalue weighted by molar-refractivity contribution is -0.137. The van der Waals surface area contributed by atoms with Crippen molar-refractivity contribution in [3.05, 3.63) is 86.3 Å². The molecule has 2 fully saturated rings. The van der Waals surface area contributed by atoms with E-state index >= 15 is 0 Å². The number of nitrogens with zero attached hydrogens (tertiary/aromatic N) is 8. The highest BCUT2D eigenvalue weighted by molar-refractivity contribution is 6.33. The number of carbonyl (C=O) groups excluding carboxylic acids is 2. The molecule has 18 heteroatoms. The van der Waals surface area contributed by atoms with E-state index in [4.69, 9.17) is 21.3 Å². The van der Waals surface area contributed by atoms with E-state index in [1.807, 2.05) is 17.0 Å². The first-order chi connectivity index (χ1) is 25.9. The van der Waals surface area contributed by atoms with Crippen LogP contribution in [-0.4, -0.2) is 83.7 Å². The minimum atomic E-state index is -4.62. The van der Waals surface area contributed by atoms with E-state index in [-0.39, 0.29) is 78.1 Å². The minimum absolute atomic E-state index is 0.00891. The van der Waals surface area contributed by atoms with Crippen molar-refractivity contribution in [2.24, 2.45) is 0 Å². The van der Waals surface area contributed by atoms with Gasteiger partial charge in [-0.15, -0.1) is 5.10 Å². The number of hydrogen-bond acceptors (Lipinski definition) is 10. The predicted octanol–water partition coefficient (Wildman–Crippen LogP) is 4.84. The van der Waals surface area contributed by atoms with Crippen molar-refractivity contribution in [3.63, 3.8) is 0 Å². The number of ether oxygens (including phenoxy) is 1. The average molecular weight is 764 g/mol. The van der Waals surface area contributed by atoms with E-state index in [9.17, 15) is 32.7 Å². The first-order valence-corrected chi connectivity index (χ1v) is 17.8. The lowest BCUT2D eigenvalue weighted by Crippen LogP contribution is -2.51. The number of hydrogen-bond donors (Lipinski definition) is 2. The first kappa shape index (κ1) is 35.3. The summed E-state index contributed by atoms with van der Waals surface area (Å²) in [6.07, 6.45) is -0.315. The lowest BCUT2D eigenvalue weighted by Gasteiger charge is -2.39.